The van der Waals surface area contributed by atoms with Crippen LogP contribution in [0.3, 0.4) is 0 Å². The van der Waals surface area contributed by atoms with E-state index in [0.29, 0.717) is 28.4 Å². The zero-order valence-electron chi connectivity index (χ0n) is 20.1. The number of rotatable bonds is 11. The van der Waals surface area contributed by atoms with Crippen LogP contribution in [0.4, 0.5) is 5.69 Å². The molecule has 2 rings (SSSR count). The second-order valence-corrected chi connectivity index (χ2v) is 7.09. The smallest absolute Gasteiger partial charge is 0.310 e. The molecule has 184 valence electrons. The summed E-state index contributed by atoms with van der Waals surface area (Å²) in [4.78, 5) is 38.5. The van der Waals surface area contributed by atoms with Crippen LogP contribution >= 0.6 is 0 Å². The monoisotopic (exact) mass is 473 g/mol. The number of esters is 1. The number of carbonyl (C=O) groups is 3. The molecule has 2 amide bonds. The maximum atomic E-state index is 12.2. The summed E-state index contributed by atoms with van der Waals surface area (Å²) in [6.07, 6.45) is -0.116. The fourth-order valence-electron chi connectivity index (χ4n) is 3.25. The Hall–Kier alpha value is -3.95. The van der Waals surface area contributed by atoms with Crippen LogP contribution in [-0.2, 0) is 20.7 Å². The zero-order chi connectivity index (χ0) is 25.1. The highest BCUT2D eigenvalue weighted by Gasteiger charge is 2.16. The molecule has 0 fully saturated rings. The number of nitrogens with zero attached hydrogens (tertiary/aromatic N) is 1. The van der Waals surface area contributed by atoms with Gasteiger partial charge in [-0.3, -0.25) is 25.2 Å². The summed E-state index contributed by atoms with van der Waals surface area (Å²) in [5.74, 6) is -0.595. The molecule has 2 aromatic rings. The first-order valence-corrected chi connectivity index (χ1v) is 10.7. The molecular formula is C24H31N3O7. The van der Waals surface area contributed by atoms with E-state index in [0.717, 1.165) is 18.8 Å². The average Bonchev–Trinajstić information content (AvgIpc) is 2.86. The summed E-state index contributed by atoms with van der Waals surface area (Å²) in [6, 6.07) is 10.3. The van der Waals surface area contributed by atoms with E-state index in [2.05, 4.69) is 29.6 Å². The fourth-order valence-corrected chi connectivity index (χ4v) is 3.25. The van der Waals surface area contributed by atoms with Gasteiger partial charge in [-0.2, -0.15) is 0 Å². The van der Waals surface area contributed by atoms with Gasteiger partial charge in [0.1, 0.15) is 0 Å². The number of hydrogen-bond donors (Lipinski definition) is 2. The van der Waals surface area contributed by atoms with Gasteiger partial charge in [-0.25, -0.2) is 0 Å². The van der Waals surface area contributed by atoms with Crippen molar-refractivity contribution in [2.75, 3.05) is 45.9 Å². The number of nitrogens with one attached hydrogen (secondary N) is 2. The highest BCUT2D eigenvalue weighted by atomic mass is 16.5. The first-order chi connectivity index (χ1) is 16.4. The van der Waals surface area contributed by atoms with Gasteiger partial charge in [-0.1, -0.05) is 0 Å². The topological polar surface area (TPSA) is 115 Å². The Bertz CT molecular complexity index is 964. The molecule has 0 aromatic heterocycles. The molecule has 0 unspecified atom stereocenters. The number of ether oxygens (including phenoxy) is 4. The molecule has 10 nitrogen and oxygen atoms in total. The Morgan fingerprint density at radius 1 is 0.853 bits per heavy atom. The number of carbonyl (C=O) groups excluding carboxylic acids is 3. The molecule has 0 saturated carbocycles. The van der Waals surface area contributed by atoms with Crippen LogP contribution < -0.4 is 30.0 Å². The Kier molecular flexibility index (Phi) is 10.0. The summed E-state index contributed by atoms with van der Waals surface area (Å²) < 4.78 is 20.8. The third kappa shape index (κ3) is 7.03. The number of methoxy groups -OCH3 is 3. The lowest BCUT2D eigenvalue weighted by Crippen LogP contribution is -2.43. The van der Waals surface area contributed by atoms with Gasteiger partial charge in [0.25, 0.3) is 11.8 Å². The molecule has 10 heteroatoms. The van der Waals surface area contributed by atoms with Crippen LogP contribution in [0.1, 0.15) is 29.8 Å². The van der Waals surface area contributed by atoms with Crippen molar-refractivity contribution in [2.24, 2.45) is 0 Å². The molecule has 0 saturated heterocycles. The summed E-state index contributed by atoms with van der Waals surface area (Å²) in [5, 5.41) is 0. The predicted molar refractivity (Wildman–Crippen MR) is 126 cm³/mol. The van der Waals surface area contributed by atoms with Crippen LogP contribution in [0.5, 0.6) is 17.2 Å². The molecule has 34 heavy (non-hydrogen) atoms. The van der Waals surface area contributed by atoms with Crippen LogP contribution in [0.15, 0.2) is 36.4 Å². The molecule has 2 N–H and O–H groups in total. The van der Waals surface area contributed by atoms with Gasteiger partial charge in [0.2, 0.25) is 5.75 Å². The Morgan fingerprint density at radius 3 is 1.94 bits per heavy atom. The van der Waals surface area contributed by atoms with E-state index in [1.54, 1.807) is 24.3 Å². The maximum Gasteiger partial charge on any atom is 0.310 e. The largest absolute Gasteiger partial charge is 0.493 e. The Balaban J connectivity index is 1.84. The second kappa shape index (κ2) is 12.9. The summed E-state index contributed by atoms with van der Waals surface area (Å²) in [7, 11) is 4.42. The molecule has 0 spiro atoms. The number of hydrazine groups is 1. The molecule has 0 aliphatic rings. The van der Waals surface area contributed by atoms with Gasteiger partial charge in [0.15, 0.2) is 18.1 Å². The third-order valence-corrected chi connectivity index (χ3v) is 5.01. The maximum absolute atomic E-state index is 12.2. The molecule has 0 aliphatic heterocycles. The third-order valence-electron chi connectivity index (χ3n) is 5.01. The predicted octanol–water partition coefficient (Wildman–Crippen LogP) is 2.11. The van der Waals surface area contributed by atoms with Gasteiger partial charge in [0.05, 0.1) is 27.8 Å². The summed E-state index contributed by atoms with van der Waals surface area (Å²) in [6.45, 7) is 5.27. The lowest BCUT2D eigenvalue weighted by molar-refractivity contribution is -0.148. The summed E-state index contributed by atoms with van der Waals surface area (Å²) >= 11 is 0. The molecule has 2 aromatic carbocycles. The minimum absolute atomic E-state index is 0.116. The van der Waals surface area contributed by atoms with E-state index in [-0.39, 0.29) is 6.42 Å². The highest BCUT2D eigenvalue weighted by molar-refractivity contribution is 5.95. The van der Waals surface area contributed by atoms with Crippen molar-refractivity contribution < 1.29 is 33.3 Å². The Morgan fingerprint density at radius 2 is 1.44 bits per heavy atom. The number of amides is 2. The van der Waals surface area contributed by atoms with E-state index in [9.17, 15) is 14.4 Å². The SMILES string of the molecule is CCN(CC)c1ccc(C(=O)NNC(=O)COC(=O)Cc2cc(OC)c(OC)c(OC)c2)cc1. The van der Waals surface area contributed by atoms with Crippen LogP contribution in [-0.4, -0.2) is 58.8 Å². The van der Waals surface area contributed by atoms with Gasteiger partial charge in [0, 0.05) is 24.3 Å². The van der Waals surface area contributed by atoms with E-state index in [4.69, 9.17) is 18.9 Å². The lowest BCUT2D eigenvalue weighted by Gasteiger charge is -2.21. The minimum atomic E-state index is -0.675. The van der Waals surface area contributed by atoms with Gasteiger partial charge >= 0.3 is 5.97 Å². The fraction of sp³-hybridized carbons (Fsp3) is 0.375. The number of anilines is 1. The van der Waals surface area contributed by atoms with E-state index in [1.807, 2.05) is 12.1 Å². The quantitative estimate of drug-likeness (QED) is 0.377. The standard InChI is InChI=1S/C24H31N3O7/c1-6-27(7-2)18-10-8-17(9-11-18)24(30)26-25-21(28)15-34-22(29)14-16-12-19(31-3)23(33-5)20(13-16)32-4/h8-13H,6-7,14-15H2,1-5H3,(H,25,28)(H,26,30). The molecule has 0 aliphatic carbocycles. The van der Waals surface area contributed by atoms with E-state index >= 15 is 0 Å². The normalized spacial score (nSPS) is 10.1. The first-order valence-electron chi connectivity index (χ1n) is 10.7. The zero-order valence-corrected chi connectivity index (χ0v) is 20.1. The first kappa shape index (κ1) is 26.3. The van der Waals surface area contributed by atoms with E-state index < -0.39 is 24.4 Å². The van der Waals surface area contributed by atoms with Gasteiger partial charge in [-0.15, -0.1) is 0 Å². The van der Waals surface area contributed by atoms with Crippen molar-refractivity contribution >= 4 is 23.5 Å². The molecule has 0 bridgehead atoms. The second-order valence-electron chi connectivity index (χ2n) is 7.09. The Labute approximate surface area is 199 Å². The van der Waals surface area contributed by atoms with Crippen LogP contribution in [0.2, 0.25) is 0 Å². The van der Waals surface area contributed by atoms with Crippen molar-refractivity contribution in [1.29, 1.82) is 0 Å². The molecule has 0 radical (unpaired) electrons. The number of benzene rings is 2. The van der Waals surface area contributed by atoms with E-state index in [1.165, 1.54) is 21.3 Å². The lowest BCUT2D eigenvalue weighted by atomic mass is 10.1. The van der Waals surface area contributed by atoms with Crippen molar-refractivity contribution in [2.45, 2.75) is 20.3 Å². The van der Waals surface area contributed by atoms with Gasteiger partial charge in [-0.05, 0) is 55.8 Å². The minimum Gasteiger partial charge on any atom is -0.493 e. The molecule has 0 atom stereocenters. The van der Waals surface area contributed by atoms with Crippen molar-refractivity contribution in [1.82, 2.24) is 10.9 Å². The highest BCUT2D eigenvalue weighted by Crippen LogP contribution is 2.38. The van der Waals surface area contributed by atoms with Gasteiger partial charge < -0.3 is 23.8 Å². The van der Waals surface area contributed by atoms with Crippen molar-refractivity contribution in [3.63, 3.8) is 0 Å². The van der Waals surface area contributed by atoms with Crippen molar-refractivity contribution in [3.8, 4) is 17.2 Å². The summed E-state index contributed by atoms with van der Waals surface area (Å²) in [5.41, 5.74) is 6.48. The van der Waals surface area contributed by atoms with Crippen LogP contribution in [0.25, 0.3) is 0 Å². The average molecular weight is 474 g/mol. The van der Waals surface area contributed by atoms with Crippen LogP contribution in [0, 0.1) is 0 Å². The molecule has 0 heterocycles. The number of hydrogen-bond acceptors (Lipinski definition) is 8. The molecular weight excluding hydrogens is 442 g/mol. The van der Waals surface area contributed by atoms with Crippen molar-refractivity contribution in [3.05, 3.63) is 47.5 Å².